The summed E-state index contributed by atoms with van der Waals surface area (Å²) in [5.41, 5.74) is 8.44. The molecule has 0 fully saturated rings. The maximum Gasteiger partial charge on any atom is 0.251 e. The topological polar surface area (TPSA) is 67.2 Å². The lowest BCUT2D eigenvalue weighted by molar-refractivity contribution is 0.0956. The Morgan fingerprint density at radius 1 is 1.24 bits per heavy atom. The van der Waals surface area contributed by atoms with Crippen molar-refractivity contribution in [3.8, 4) is 0 Å². The zero-order chi connectivity index (χ0) is 15.4. The van der Waals surface area contributed by atoms with Gasteiger partial charge in [0.1, 0.15) is 0 Å². The molecular weight excluding hydrogens is 354 g/mol. The highest BCUT2D eigenvalue weighted by atomic mass is 79.9. The molecule has 0 aliphatic heterocycles. The van der Waals surface area contributed by atoms with Gasteiger partial charge in [-0.1, -0.05) is 27.5 Å². The summed E-state index contributed by atoms with van der Waals surface area (Å²) in [5.74, 6) is -0.142. The fourth-order valence-corrected chi connectivity index (χ4v) is 2.34. The number of anilines is 3. The number of rotatable bonds is 4. The van der Waals surface area contributed by atoms with E-state index in [9.17, 15) is 4.79 Å². The van der Waals surface area contributed by atoms with Crippen molar-refractivity contribution in [2.45, 2.75) is 6.92 Å². The summed E-state index contributed by atoms with van der Waals surface area (Å²) >= 11 is 9.53. The maximum atomic E-state index is 11.8. The SMILES string of the molecule is CCNC(=O)c1ccc(Nc2cc(Br)ccc2Cl)c(N)c1. The van der Waals surface area contributed by atoms with Crippen LogP contribution in [0, 0.1) is 0 Å². The summed E-state index contributed by atoms with van der Waals surface area (Å²) in [7, 11) is 0. The molecule has 0 bridgehead atoms. The molecule has 0 spiro atoms. The minimum atomic E-state index is -0.142. The molecule has 2 aromatic rings. The summed E-state index contributed by atoms with van der Waals surface area (Å²) in [4.78, 5) is 11.8. The monoisotopic (exact) mass is 367 g/mol. The highest BCUT2D eigenvalue weighted by molar-refractivity contribution is 9.10. The van der Waals surface area contributed by atoms with Crippen molar-refractivity contribution in [2.24, 2.45) is 0 Å². The van der Waals surface area contributed by atoms with Crippen molar-refractivity contribution in [1.82, 2.24) is 5.32 Å². The quantitative estimate of drug-likeness (QED) is 0.709. The minimum Gasteiger partial charge on any atom is -0.397 e. The van der Waals surface area contributed by atoms with Crippen LogP contribution in [0.25, 0.3) is 0 Å². The normalized spacial score (nSPS) is 10.2. The van der Waals surface area contributed by atoms with Gasteiger partial charge in [0, 0.05) is 16.6 Å². The molecule has 4 nitrogen and oxygen atoms in total. The van der Waals surface area contributed by atoms with Crippen LogP contribution < -0.4 is 16.4 Å². The number of nitrogens with two attached hydrogens (primary N) is 1. The molecule has 4 N–H and O–H groups in total. The van der Waals surface area contributed by atoms with Crippen LogP contribution >= 0.6 is 27.5 Å². The van der Waals surface area contributed by atoms with E-state index < -0.39 is 0 Å². The molecule has 0 heterocycles. The van der Waals surface area contributed by atoms with Crippen molar-refractivity contribution >= 4 is 50.5 Å². The number of benzene rings is 2. The van der Waals surface area contributed by atoms with Crippen molar-refractivity contribution in [1.29, 1.82) is 0 Å². The third-order valence-corrected chi connectivity index (χ3v) is 3.67. The van der Waals surface area contributed by atoms with E-state index in [-0.39, 0.29) is 5.91 Å². The third-order valence-electron chi connectivity index (χ3n) is 2.85. The first kappa shape index (κ1) is 15.7. The van der Waals surface area contributed by atoms with Gasteiger partial charge in [0.05, 0.1) is 22.1 Å². The molecular formula is C15H15BrClN3O. The first-order chi connectivity index (χ1) is 10.0. The van der Waals surface area contributed by atoms with Crippen LogP contribution in [0.5, 0.6) is 0 Å². The number of hydrogen-bond acceptors (Lipinski definition) is 3. The van der Waals surface area contributed by atoms with E-state index in [1.807, 2.05) is 19.1 Å². The second-order valence-corrected chi connectivity index (χ2v) is 5.73. The summed E-state index contributed by atoms with van der Waals surface area (Å²) in [6.07, 6.45) is 0. The molecule has 0 aliphatic carbocycles. The number of halogens is 2. The molecule has 2 aromatic carbocycles. The Bertz CT molecular complexity index is 676. The average Bonchev–Trinajstić information content (AvgIpc) is 2.45. The number of hydrogen-bond donors (Lipinski definition) is 3. The Kier molecular flexibility index (Phi) is 5.09. The Morgan fingerprint density at radius 3 is 2.67 bits per heavy atom. The van der Waals surface area contributed by atoms with E-state index in [0.29, 0.717) is 28.5 Å². The van der Waals surface area contributed by atoms with Gasteiger partial charge in [-0.05, 0) is 43.3 Å². The molecule has 1 amide bonds. The maximum absolute atomic E-state index is 11.8. The van der Waals surface area contributed by atoms with Crippen LogP contribution in [0.1, 0.15) is 17.3 Å². The highest BCUT2D eigenvalue weighted by Crippen LogP contribution is 2.31. The van der Waals surface area contributed by atoms with Crippen LogP contribution in [0.4, 0.5) is 17.1 Å². The smallest absolute Gasteiger partial charge is 0.251 e. The Labute approximate surface area is 136 Å². The number of nitrogen functional groups attached to an aromatic ring is 1. The zero-order valence-electron chi connectivity index (χ0n) is 11.4. The number of nitrogens with one attached hydrogen (secondary N) is 2. The zero-order valence-corrected chi connectivity index (χ0v) is 13.8. The van der Waals surface area contributed by atoms with Crippen LogP contribution in [-0.2, 0) is 0 Å². The predicted octanol–water partition coefficient (Wildman–Crippen LogP) is 4.18. The van der Waals surface area contributed by atoms with E-state index in [1.54, 1.807) is 24.3 Å². The fourth-order valence-electron chi connectivity index (χ4n) is 1.82. The Balaban J connectivity index is 2.25. The van der Waals surface area contributed by atoms with Gasteiger partial charge in [-0.15, -0.1) is 0 Å². The molecule has 2 rings (SSSR count). The summed E-state index contributed by atoms with van der Waals surface area (Å²) < 4.78 is 0.909. The lowest BCUT2D eigenvalue weighted by Crippen LogP contribution is -2.22. The predicted molar refractivity (Wildman–Crippen MR) is 91.3 cm³/mol. The van der Waals surface area contributed by atoms with Crippen molar-refractivity contribution in [3.05, 3.63) is 51.5 Å². The van der Waals surface area contributed by atoms with E-state index in [1.165, 1.54) is 0 Å². The van der Waals surface area contributed by atoms with Crippen LogP contribution in [0.15, 0.2) is 40.9 Å². The van der Waals surface area contributed by atoms with Crippen LogP contribution in [-0.4, -0.2) is 12.5 Å². The number of carbonyl (C=O) groups excluding carboxylic acids is 1. The third kappa shape index (κ3) is 3.89. The van der Waals surface area contributed by atoms with Crippen molar-refractivity contribution in [3.63, 3.8) is 0 Å². The molecule has 6 heteroatoms. The highest BCUT2D eigenvalue weighted by Gasteiger charge is 2.09. The first-order valence-electron chi connectivity index (χ1n) is 6.41. The van der Waals surface area contributed by atoms with Crippen molar-refractivity contribution in [2.75, 3.05) is 17.6 Å². The molecule has 0 saturated heterocycles. The largest absolute Gasteiger partial charge is 0.397 e. The molecule has 0 radical (unpaired) electrons. The van der Waals surface area contributed by atoms with Gasteiger partial charge in [0.25, 0.3) is 5.91 Å². The molecule has 0 aliphatic rings. The molecule has 21 heavy (non-hydrogen) atoms. The second-order valence-electron chi connectivity index (χ2n) is 4.41. The summed E-state index contributed by atoms with van der Waals surface area (Å²) in [6.45, 7) is 2.44. The standard InChI is InChI=1S/C15H15BrClN3O/c1-2-19-15(21)9-3-6-13(12(18)7-9)20-14-8-10(16)4-5-11(14)17/h3-8,20H,2,18H2,1H3,(H,19,21). The number of carbonyl (C=O) groups is 1. The van der Waals surface area contributed by atoms with E-state index in [2.05, 4.69) is 26.6 Å². The first-order valence-corrected chi connectivity index (χ1v) is 7.58. The Hall–Kier alpha value is -1.72. The van der Waals surface area contributed by atoms with Gasteiger partial charge in [-0.2, -0.15) is 0 Å². The molecule has 0 saturated carbocycles. The lowest BCUT2D eigenvalue weighted by Gasteiger charge is -2.12. The molecule has 0 unspecified atom stereocenters. The Morgan fingerprint density at radius 2 is 2.00 bits per heavy atom. The van der Waals surface area contributed by atoms with Crippen LogP contribution in [0.3, 0.4) is 0 Å². The second kappa shape index (κ2) is 6.83. The van der Waals surface area contributed by atoms with E-state index in [4.69, 9.17) is 17.3 Å². The average molecular weight is 369 g/mol. The van der Waals surface area contributed by atoms with Gasteiger partial charge in [-0.25, -0.2) is 0 Å². The van der Waals surface area contributed by atoms with Gasteiger partial charge in [-0.3, -0.25) is 4.79 Å². The summed E-state index contributed by atoms with van der Waals surface area (Å²) in [6, 6.07) is 10.6. The molecule has 110 valence electrons. The van der Waals surface area contributed by atoms with Crippen molar-refractivity contribution < 1.29 is 4.79 Å². The van der Waals surface area contributed by atoms with Gasteiger partial charge in [0.2, 0.25) is 0 Å². The molecule has 0 aromatic heterocycles. The number of amides is 1. The van der Waals surface area contributed by atoms with E-state index >= 15 is 0 Å². The lowest BCUT2D eigenvalue weighted by atomic mass is 10.1. The fraction of sp³-hybridized carbons (Fsp3) is 0.133. The van der Waals surface area contributed by atoms with Gasteiger partial charge in [0.15, 0.2) is 0 Å². The van der Waals surface area contributed by atoms with Gasteiger partial charge < -0.3 is 16.4 Å². The van der Waals surface area contributed by atoms with Gasteiger partial charge >= 0.3 is 0 Å². The van der Waals surface area contributed by atoms with Crippen LogP contribution in [0.2, 0.25) is 5.02 Å². The minimum absolute atomic E-state index is 0.142. The summed E-state index contributed by atoms with van der Waals surface area (Å²) in [5, 5.41) is 6.48. The molecule has 0 atom stereocenters. The van der Waals surface area contributed by atoms with E-state index in [0.717, 1.165) is 10.2 Å².